The van der Waals surface area contributed by atoms with Crippen LogP contribution in [0.4, 0.5) is 11.6 Å². The van der Waals surface area contributed by atoms with E-state index in [1.165, 1.54) is 6.07 Å². The van der Waals surface area contributed by atoms with Crippen LogP contribution in [0.2, 0.25) is 0 Å². The molecule has 0 bridgehead atoms. The predicted molar refractivity (Wildman–Crippen MR) is 128 cm³/mol. The van der Waals surface area contributed by atoms with Gasteiger partial charge in [-0.1, -0.05) is 0 Å². The van der Waals surface area contributed by atoms with Crippen molar-refractivity contribution < 1.29 is 14.3 Å². The van der Waals surface area contributed by atoms with Crippen LogP contribution in [-0.2, 0) is 4.74 Å². The summed E-state index contributed by atoms with van der Waals surface area (Å²) in [6.45, 7) is 3.14. The maximum absolute atomic E-state index is 11.5. The molecule has 2 fully saturated rings. The van der Waals surface area contributed by atoms with Gasteiger partial charge in [-0.05, 0) is 37.8 Å². The van der Waals surface area contributed by atoms with E-state index < -0.39 is 5.91 Å². The number of nitrogens with zero attached hydrogens (tertiary/aromatic N) is 6. The second-order valence-electron chi connectivity index (χ2n) is 8.73. The minimum absolute atomic E-state index is 0.0904. The van der Waals surface area contributed by atoms with Gasteiger partial charge in [0.25, 0.3) is 5.91 Å². The molecule has 5 rings (SSSR count). The summed E-state index contributed by atoms with van der Waals surface area (Å²) in [5, 5.41) is 0. The number of anilines is 2. The van der Waals surface area contributed by atoms with Gasteiger partial charge < -0.3 is 25.0 Å². The summed E-state index contributed by atoms with van der Waals surface area (Å²) in [5.41, 5.74) is 8.30. The molecule has 1 saturated carbocycles. The molecule has 0 atom stereocenters. The largest absolute Gasteiger partial charge is 0.488 e. The Balaban J connectivity index is 1.28. The topological polar surface area (TPSA) is 120 Å². The monoisotopic (exact) mass is 463 g/mol. The van der Waals surface area contributed by atoms with E-state index in [2.05, 4.69) is 37.0 Å². The summed E-state index contributed by atoms with van der Waals surface area (Å²) >= 11 is 0. The normalized spacial score (nSPS) is 20.8. The zero-order valence-corrected chi connectivity index (χ0v) is 19.3. The van der Waals surface area contributed by atoms with E-state index in [0.29, 0.717) is 5.95 Å². The Morgan fingerprint density at radius 3 is 2.62 bits per heavy atom. The van der Waals surface area contributed by atoms with Crippen LogP contribution in [0, 0.1) is 0 Å². The van der Waals surface area contributed by atoms with Gasteiger partial charge in [-0.25, -0.2) is 15.0 Å². The summed E-state index contributed by atoms with van der Waals surface area (Å²) in [5.74, 6) is 0.741. The smallest absolute Gasteiger partial charge is 0.267 e. The molecule has 10 heteroatoms. The fourth-order valence-corrected chi connectivity index (χ4v) is 4.67. The van der Waals surface area contributed by atoms with E-state index >= 15 is 0 Å². The molecule has 2 N–H and O–H groups in total. The van der Waals surface area contributed by atoms with Crippen LogP contribution in [0.5, 0.6) is 5.75 Å². The lowest BCUT2D eigenvalue weighted by molar-refractivity contribution is 0.0995. The second kappa shape index (κ2) is 9.76. The fourth-order valence-electron chi connectivity index (χ4n) is 4.67. The average molecular weight is 464 g/mol. The molecule has 1 amide bonds. The summed E-state index contributed by atoms with van der Waals surface area (Å²) < 4.78 is 12.0. The van der Waals surface area contributed by atoms with Gasteiger partial charge in [0, 0.05) is 56.5 Å². The molecule has 1 aromatic carbocycles. The molecule has 178 valence electrons. The highest BCUT2D eigenvalue weighted by Crippen LogP contribution is 2.33. The molecule has 2 aliphatic rings. The second-order valence-corrected chi connectivity index (χ2v) is 8.73. The number of carbonyl (C=O) groups excluding carboxylic acids is 1. The summed E-state index contributed by atoms with van der Waals surface area (Å²) in [7, 11) is 1.96. The van der Waals surface area contributed by atoms with E-state index in [1.807, 2.05) is 11.9 Å². The van der Waals surface area contributed by atoms with E-state index in [0.717, 1.165) is 74.5 Å². The molecule has 0 spiro atoms. The highest BCUT2D eigenvalue weighted by atomic mass is 16.5. The first-order valence-corrected chi connectivity index (χ1v) is 11.7. The van der Waals surface area contributed by atoms with Crippen LogP contribution in [-0.4, -0.2) is 71.3 Å². The van der Waals surface area contributed by atoms with Crippen molar-refractivity contribution >= 4 is 28.6 Å². The van der Waals surface area contributed by atoms with Crippen molar-refractivity contribution in [2.24, 2.45) is 5.73 Å². The van der Waals surface area contributed by atoms with Crippen LogP contribution < -0.4 is 20.3 Å². The first-order valence-electron chi connectivity index (χ1n) is 11.7. The number of nitrogens with two attached hydrogens (primary N) is 1. The van der Waals surface area contributed by atoms with Gasteiger partial charge >= 0.3 is 0 Å². The Hall–Kier alpha value is -3.53. The van der Waals surface area contributed by atoms with E-state index in [1.54, 1.807) is 18.6 Å². The van der Waals surface area contributed by atoms with Crippen molar-refractivity contribution in [2.75, 3.05) is 43.2 Å². The van der Waals surface area contributed by atoms with Crippen molar-refractivity contribution in [3.05, 3.63) is 42.5 Å². The van der Waals surface area contributed by atoms with Crippen LogP contribution in [0.25, 0.3) is 11.0 Å². The SMILES string of the molecule is CN(c1nccc(C(N)=O)n1)C1CCC(Oc2cc(N3CCOCC3)cc3nccnc23)CC1. The number of aromatic nitrogens is 4. The van der Waals surface area contributed by atoms with Gasteiger partial charge in [-0.3, -0.25) is 9.78 Å². The molecule has 0 unspecified atom stereocenters. The van der Waals surface area contributed by atoms with Crippen molar-refractivity contribution in [1.29, 1.82) is 0 Å². The van der Waals surface area contributed by atoms with E-state index in [9.17, 15) is 4.79 Å². The Kier molecular flexibility index (Phi) is 6.39. The number of hydrogen-bond donors (Lipinski definition) is 1. The third-order valence-corrected chi connectivity index (χ3v) is 6.60. The lowest BCUT2D eigenvalue weighted by Crippen LogP contribution is -2.39. The number of morpholine rings is 1. The van der Waals surface area contributed by atoms with Gasteiger partial charge in [-0.15, -0.1) is 0 Å². The highest BCUT2D eigenvalue weighted by molar-refractivity contribution is 5.90. The van der Waals surface area contributed by atoms with Crippen LogP contribution in [0.15, 0.2) is 36.8 Å². The molecule has 10 nitrogen and oxygen atoms in total. The summed E-state index contributed by atoms with van der Waals surface area (Å²) in [6.07, 6.45) is 8.73. The van der Waals surface area contributed by atoms with Crippen LogP contribution in [0.1, 0.15) is 36.2 Å². The molecule has 2 aromatic heterocycles. The Morgan fingerprint density at radius 2 is 1.85 bits per heavy atom. The fraction of sp³-hybridized carbons (Fsp3) is 0.458. The van der Waals surface area contributed by atoms with Crippen molar-refractivity contribution in [3.8, 4) is 5.75 Å². The van der Waals surface area contributed by atoms with Crippen molar-refractivity contribution in [3.63, 3.8) is 0 Å². The standard InChI is InChI=1S/C24H29N7O3/c1-30(24-28-7-6-19(29-24)23(25)32)16-2-4-18(5-3-16)34-21-15-17(31-10-12-33-13-11-31)14-20-22(21)27-9-8-26-20/h6-9,14-16,18H,2-5,10-13H2,1H3,(H2,25,32). The van der Waals surface area contributed by atoms with Gasteiger partial charge in [0.2, 0.25) is 5.95 Å². The summed E-state index contributed by atoms with van der Waals surface area (Å²) in [4.78, 5) is 33.5. The molecular weight excluding hydrogens is 434 g/mol. The third-order valence-electron chi connectivity index (χ3n) is 6.60. The first-order chi connectivity index (χ1) is 16.6. The zero-order valence-electron chi connectivity index (χ0n) is 19.3. The molecule has 3 heterocycles. The van der Waals surface area contributed by atoms with Gasteiger partial charge in [0.1, 0.15) is 17.0 Å². The molecule has 1 saturated heterocycles. The minimum Gasteiger partial charge on any atom is -0.488 e. The number of primary amides is 1. The molecular formula is C24H29N7O3. The first kappa shape index (κ1) is 22.3. The minimum atomic E-state index is -0.552. The third kappa shape index (κ3) is 4.72. The predicted octanol–water partition coefficient (Wildman–Crippen LogP) is 2.18. The van der Waals surface area contributed by atoms with Gasteiger partial charge in [-0.2, -0.15) is 0 Å². The number of amides is 1. The molecule has 1 aliphatic carbocycles. The quantitative estimate of drug-likeness (QED) is 0.586. The Bertz CT molecular complexity index is 1160. The van der Waals surface area contributed by atoms with E-state index in [-0.39, 0.29) is 17.8 Å². The number of ether oxygens (including phenoxy) is 2. The molecule has 0 radical (unpaired) electrons. The van der Waals surface area contributed by atoms with Gasteiger partial charge in [0.15, 0.2) is 0 Å². The highest BCUT2D eigenvalue weighted by Gasteiger charge is 2.27. The molecule has 3 aromatic rings. The maximum Gasteiger partial charge on any atom is 0.267 e. The molecule has 34 heavy (non-hydrogen) atoms. The Morgan fingerprint density at radius 1 is 1.09 bits per heavy atom. The van der Waals surface area contributed by atoms with Crippen LogP contribution >= 0.6 is 0 Å². The lowest BCUT2D eigenvalue weighted by atomic mass is 9.92. The number of fused-ring (bicyclic) bond motifs is 1. The van der Waals surface area contributed by atoms with Crippen molar-refractivity contribution in [1.82, 2.24) is 19.9 Å². The zero-order chi connectivity index (χ0) is 23.5. The van der Waals surface area contributed by atoms with Gasteiger partial charge in [0.05, 0.1) is 24.8 Å². The lowest BCUT2D eigenvalue weighted by Gasteiger charge is -2.35. The number of hydrogen-bond acceptors (Lipinski definition) is 9. The Labute approximate surface area is 198 Å². The van der Waals surface area contributed by atoms with Crippen LogP contribution in [0.3, 0.4) is 0 Å². The number of benzene rings is 1. The number of rotatable bonds is 6. The average Bonchev–Trinajstić information content (AvgIpc) is 2.89. The number of carbonyl (C=O) groups is 1. The summed E-state index contributed by atoms with van der Waals surface area (Å²) in [6, 6.07) is 5.96. The van der Waals surface area contributed by atoms with E-state index in [4.69, 9.17) is 15.2 Å². The maximum atomic E-state index is 11.5. The van der Waals surface area contributed by atoms with Crippen molar-refractivity contribution in [2.45, 2.75) is 37.8 Å². The molecule has 1 aliphatic heterocycles.